The molecule has 0 saturated heterocycles. The highest BCUT2D eigenvalue weighted by atomic mass is 32.2. The Balaban J connectivity index is 4.31. The fourth-order valence-corrected chi connectivity index (χ4v) is 4.09. The van der Waals surface area contributed by atoms with Crippen molar-refractivity contribution in [1.82, 2.24) is 0 Å². The number of hydrogen-bond acceptors (Lipinski definition) is 6. The fraction of sp³-hybridized carbons (Fsp3) is 0.909. The van der Waals surface area contributed by atoms with Gasteiger partial charge in [-0.15, -0.1) is 0 Å². The summed E-state index contributed by atoms with van der Waals surface area (Å²) >= 11 is 0. The van der Waals surface area contributed by atoms with E-state index in [0.717, 1.165) is 51.4 Å². The molecule has 178 valence electrons. The van der Waals surface area contributed by atoms with Crippen molar-refractivity contribution in [3.63, 3.8) is 0 Å². The van der Waals surface area contributed by atoms with Crippen molar-refractivity contribution < 1.29 is 32.0 Å². The number of unbranched alkanes of at least 4 members (excludes halogenated alkanes) is 2. The second-order valence-electron chi connectivity index (χ2n) is 7.95. The summed E-state index contributed by atoms with van der Waals surface area (Å²) in [4.78, 5) is 24.0. The first-order chi connectivity index (χ1) is 14.2. The van der Waals surface area contributed by atoms with Crippen LogP contribution < -0.4 is 0 Å². The van der Waals surface area contributed by atoms with E-state index in [1.807, 2.05) is 0 Å². The lowest BCUT2D eigenvalue weighted by atomic mass is 9.97. The van der Waals surface area contributed by atoms with Gasteiger partial charge in [0, 0.05) is 0 Å². The zero-order valence-electron chi connectivity index (χ0n) is 19.2. The summed E-state index contributed by atoms with van der Waals surface area (Å²) in [7, 11) is -4.75. The lowest BCUT2D eigenvalue weighted by Gasteiger charge is -2.14. The lowest BCUT2D eigenvalue weighted by molar-refractivity contribution is -0.150. The Morgan fingerprint density at radius 2 is 1.20 bits per heavy atom. The molecule has 30 heavy (non-hydrogen) atoms. The first-order valence-corrected chi connectivity index (χ1v) is 13.0. The SMILES string of the molecule is CCC(CC)CCCCOC(=O)CC(C(=O)OCCCCC(CC)CC)S(=O)(=O)O. The summed E-state index contributed by atoms with van der Waals surface area (Å²) in [6.07, 6.45) is 8.85. The number of carbonyl (C=O) groups is 2. The third-order valence-electron chi connectivity index (χ3n) is 5.80. The van der Waals surface area contributed by atoms with Crippen LogP contribution in [0.25, 0.3) is 0 Å². The van der Waals surface area contributed by atoms with Crippen molar-refractivity contribution in [2.45, 2.75) is 104 Å². The standard InChI is InChI=1S/C22H42O7S/c1-5-18(6-2)13-9-11-15-28-21(23)17-20(30(25,26)27)22(24)29-16-12-10-14-19(7-3)8-4/h18-20H,5-17H2,1-4H3,(H,25,26,27). The lowest BCUT2D eigenvalue weighted by Crippen LogP contribution is -2.34. The molecule has 0 heterocycles. The van der Waals surface area contributed by atoms with Gasteiger partial charge in [0.25, 0.3) is 10.1 Å². The molecule has 0 radical (unpaired) electrons. The van der Waals surface area contributed by atoms with Crippen molar-refractivity contribution in [3.8, 4) is 0 Å². The van der Waals surface area contributed by atoms with Crippen LogP contribution in [0.2, 0.25) is 0 Å². The number of rotatable bonds is 18. The maximum absolute atomic E-state index is 12.1. The van der Waals surface area contributed by atoms with Crippen LogP contribution in [0.4, 0.5) is 0 Å². The van der Waals surface area contributed by atoms with E-state index in [1.165, 1.54) is 0 Å². The summed E-state index contributed by atoms with van der Waals surface area (Å²) < 4.78 is 42.4. The van der Waals surface area contributed by atoms with Gasteiger partial charge in [0.15, 0.2) is 5.25 Å². The van der Waals surface area contributed by atoms with Crippen molar-refractivity contribution >= 4 is 22.1 Å². The maximum Gasteiger partial charge on any atom is 0.327 e. The van der Waals surface area contributed by atoms with Gasteiger partial charge in [-0.2, -0.15) is 8.42 Å². The molecule has 0 rings (SSSR count). The van der Waals surface area contributed by atoms with E-state index in [1.54, 1.807) is 0 Å². The first kappa shape index (κ1) is 28.9. The van der Waals surface area contributed by atoms with E-state index in [4.69, 9.17) is 9.47 Å². The summed E-state index contributed by atoms with van der Waals surface area (Å²) in [5.41, 5.74) is 0. The first-order valence-electron chi connectivity index (χ1n) is 11.5. The van der Waals surface area contributed by atoms with Crippen LogP contribution in [0.3, 0.4) is 0 Å². The Hall–Kier alpha value is -1.15. The molecule has 0 fully saturated rings. The van der Waals surface area contributed by atoms with Gasteiger partial charge in [0.1, 0.15) is 0 Å². The van der Waals surface area contributed by atoms with Crippen LogP contribution in [0, 0.1) is 11.8 Å². The molecular formula is C22H42O7S. The monoisotopic (exact) mass is 450 g/mol. The van der Waals surface area contributed by atoms with Crippen LogP contribution in [0.1, 0.15) is 98.3 Å². The largest absolute Gasteiger partial charge is 0.466 e. The van der Waals surface area contributed by atoms with Crippen molar-refractivity contribution in [3.05, 3.63) is 0 Å². The maximum atomic E-state index is 12.1. The highest BCUT2D eigenvalue weighted by molar-refractivity contribution is 7.87. The second kappa shape index (κ2) is 16.5. The van der Waals surface area contributed by atoms with Crippen LogP contribution in [-0.2, 0) is 29.2 Å². The van der Waals surface area contributed by atoms with Crippen LogP contribution in [0.15, 0.2) is 0 Å². The fourth-order valence-electron chi connectivity index (χ4n) is 3.44. The minimum atomic E-state index is -4.75. The average molecular weight is 451 g/mol. The topological polar surface area (TPSA) is 107 Å². The van der Waals surface area contributed by atoms with E-state index in [2.05, 4.69) is 27.7 Å². The van der Waals surface area contributed by atoms with E-state index >= 15 is 0 Å². The molecule has 0 aliphatic heterocycles. The predicted molar refractivity (Wildman–Crippen MR) is 118 cm³/mol. The Kier molecular flexibility index (Phi) is 15.9. The van der Waals surface area contributed by atoms with E-state index in [9.17, 15) is 22.6 Å². The molecule has 0 aliphatic rings. The number of ether oxygens (including phenoxy) is 2. The van der Waals surface area contributed by atoms with E-state index < -0.39 is 33.7 Å². The van der Waals surface area contributed by atoms with Gasteiger partial charge < -0.3 is 9.47 Å². The number of carbonyl (C=O) groups excluding carboxylic acids is 2. The van der Waals surface area contributed by atoms with Gasteiger partial charge in [0.05, 0.1) is 19.6 Å². The minimum Gasteiger partial charge on any atom is -0.466 e. The third-order valence-corrected chi connectivity index (χ3v) is 6.88. The molecule has 0 spiro atoms. The highest BCUT2D eigenvalue weighted by Gasteiger charge is 2.35. The average Bonchev–Trinajstić information content (AvgIpc) is 2.70. The summed E-state index contributed by atoms with van der Waals surface area (Å²) in [6.45, 7) is 8.80. The van der Waals surface area contributed by atoms with Gasteiger partial charge >= 0.3 is 11.9 Å². The second-order valence-corrected chi connectivity index (χ2v) is 9.55. The van der Waals surface area contributed by atoms with E-state index in [0.29, 0.717) is 24.7 Å². The van der Waals surface area contributed by atoms with Crippen molar-refractivity contribution in [2.75, 3.05) is 13.2 Å². The molecule has 1 unspecified atom stereocenters. The van der Waals surface area contributed by atoms with Gasteiger partial charge in [-0.25, -0.2) is 0 Å². The molecule has 0 amide bonds. The van der Waals surface area contributed by atoms with Crippen molar-refractivity contribution in [1.29, 1.82) is 0 Å². The van der Waals surface area contributed by atoms with E-state index in [-0.39, 0.29) is 13.2 Å². The van der Waals surface area contributed by atoms with Crippen LogP contribution >= 0.6 is 0 Å². The van der Waals surface area contributed by atoms with Gasteiger partial charge in [-0.05, 0) is 37.5 Å². The zero-order chi connectivity index (χ0) is 23.0. The summed E-state index contributed by atoms with van der Waals surface area (Å²) in [5.74, 6) is -0.637. The Morgan fingerprint density at radius 3 is 1.60 bits per heavy atom. The molecule has 1 N–H and O–H groups in total. The molecule has 8 heteroatoms. The van der Waals surface area contributed by atoms with Crippen LogP contribution in [-0.4, -0.2) is 43.4 Å². The third kappa shape index (κ3) is 13.2. The summed E-state index contributed by atoms with van der Waals surface area (Å²) in [6, 6.07) is 0. The number of hydrogen-bond donors (Lipinski definition) is 1. The Labute approximate surface area is 183 Å². The van der Waals surface area contributed by atoms with Gasteiger partial charge in [0.2, 0.25) is 0 Å². The molecule has 0 bridgehead atoms. The molecule has 0 aliphatic carbocycles. The molecule has 0 aromatic heterocycles. The summed E-state index contributed by atoms with van der Waals surface area (Å²) in [5, 5.41) is -1.94. The Morgan fingerprint density at radius 1 is 0.767 bits per heavy atom. The molecule has 1 atom stereocenters. The molecule has 0 aromatic carbocycles. The predicted octanol–water partition coefficient (Wildman–Crippen LogP) is 4.93. The zero-order valence-corrected chi connectivity index (χ0v) is 20.0. The van der Waals surface area contributed by atoms with Crippen LogP contribution in [0.5, 0.6) is 0 Å². The molecular weight excluding hydrogens is 408 g/mol. The highest BCUT2D eigenvalue weighted by Crippen LogP contribution is 2.17. The molecule has 7 nitrogen and oxygen atoms in total. The van der Waals surface area contributed by atoms with Gasteiger partial charge in [-0.1, -0.05) is 66.2 Å². The smallest absolute Gasteiger partial charge is 0.327 e. The normalized spacial score (nSPS) is 12.9. The van der Waals surface area contributed by atoms with Crippen molar-refractivity contribution in [2.24, 2.45) is 11.8 Å². The Bertz CT molecular complexity index is 566. The number of esters is 2. The minimum absolute atomic E-state index is 0.0655. The van der Waals surface area contributed by atoms with Gasteiger partial charge in [-0.3, -0.25) is 14.1 Å². The molecule has 0 aromatic rings. The quantitative estimate of drug-likeness (QED) is 0.179. The molecule has 0 saturated carbocycles.